The van der Waals surface area contributed by atoms with Crippen molar-refractivity contribution >= 4 is 5.91 Å². The lowest BCUT2D eigenvalue weighted by atomic mass is 10.1. The molecule has 0 saturated carbocycles. The van der Waals surface area contributed by atoms with E-state index in [0.29, 0.717) is 19.7 Å². The summed E-state index contributed by atoms with van der Waals surface area (Å²) in [5, 5.41) is 2.75. The van der Waals surface area contributed by atoms with E-state index in [1.165, 1.54) is 0 Å². The first-order valence-corrected chi connectivity index (χ1v) is 4.46. The molecule has 0 atom stereocenters. The topological polar surface area (TPSA) is 67.6 Å². The predicted molar refractivity (Wildman–Crippen MR) is 49.3 cm³/mol. The van der Waals surface area contributed by atoms with Gasteiger partial charge in [0.1, 0.15) is 0 Å². The molecule has 0 aromatic heterocycles. The Morgan fingerprint density at radius 1 is 1.69 bits per heavy atom. The molecular formula is C8H17N3O2. The average molecular weight is 187 g/mol. The summed E-state index contributed by atoms with van der Waals surface area (Å²) in [6.45, 7) is 3.26. The van der Waals surface area contributed by atoms with Gasteiger partial charge in [0.05, 0.1) is 13.2 Å². The molecule has 0 bridgehead atoms. The summed E-state index contributed by atoms with van der Waals surface area (Å²) in [4.78, 5) is 13.2. The zero-order chi connectivity index (χ0) is 9.68. The number of rotatable bonds is 5. The molecule has 1 rings (SSSR count). The van der Waals surface area contributed by atoms with Gasteiger partial charge < -0.3 is 15.8 Å². The van der Waals surface area contributed by atoms with Crippen LogP contribution in [0.15, 0.2) is 0 Å². The summed E-state index contributed by atoms with van der Waals surface area (Å²) in [7, 11) is 1.61. The highest BCUT2D eigenvalue weighted by Gasteiger charge is 2.24. The largest absolute Gasteiger partial charge is 0.383 e. The second-order valence-electron chi connectivity index (χ2n) is 3.30. The molecule has 1 fully saturated rings. The molecule has 1 aliphatic rings. The van der Waals surface area contributed by atoms with Gasteiger partial charge in [0.15, 0.2) is 0 Å². The quantitative estimate of drug-likeness (QED) is 0.508. The first-order chi connectivity index (χ1) is 6.22. The van der Waals surface area contributed by atoms with Crippen molar-refractivity contribution in [1.82, 2.24) is 10.2 Å². The van der Waals surface area contributed by atoms with Crippen molar-refractivity contribution in [2.45, 2.75) is 6.04 Å². The number of ether oxygens (including phenoxy) is 1. The van der Waals surface area contributed by atoms with Gasteiger partial charge in [-0.3, -0.25) is 9.69 Å². The minimum absolute atomic E-state index is 0.0453. The fourth-order valence-corrected chi connectivity index (χ4v) is 1.29. The van der Waals surface area contributed by atoms with Gasteiger partial charge in [0.25, 0.3) is 0 Å². The molecule has 5 nitrogen and oxygen atoms in total. The van der Waals surface area contributed by atoms with Crippen molar-refractivity contribution in [1.29, 1.82) is 0 Å². The molecular weight excluding hydrogens is 170 g/mol. The van der Waals surface area contributed by atoms with Crippen LogP contribution < -0.4 is 11.1 Å². The number of nitrogens with zero attached hydrogens (tertiary/aromatic N) is 1. The number of carbonyl (C=O) groups is 1. The van der Waals surface area contributed by atoms with Crippen LogP contribution in [0.3, 0.4) is 0 Å². The van der Waals surface area contributed by atoms with Crippen LogP contribution in [0, 0.1) is 0 Å². The number of carbonyl (C=O) groups excluding carboxylic acids is 1. The average Bonchev–Trinajstić information content (AvgIpc) is 2.02. The minimum atomic E-state index is 0.0453. The van der Waals surface area contributed by atoms with E-state index < -0.39 is 0 Å². The number of hydrogen-bond acceptors (Lipinski definition) is 4. The van der Waals surface area contributed by atoms with Crippen LogP contribution in [0.4, 0.5) is 0 Å². The van der Waals surface area contributed by atoms with Crippen LogP contribution in [0.1, 0.15) is 0 Å². The van der Waals surface area contributed by atoms with Crippen LogP contribution in [-0.4, -0.2) is 56.7 Å². The summed E-state index contributed by atoms with van der Waals surface area (Å²) in [5.41, 5.74) is 5.57. The van der Waals surface area contributed by atoms with Gasteiger partial charge in [0, 0.05) is 32.8 Å². The Morgan fingerprint density at radius 3 is 2.92 bits per heavy atom. The summed E-state index contributed by atoms with van der Waals surface area (Å²) in [6, 6.07) is 0.256. The molecule has 5 heteroatoms. The lowest BCUT2D eigenvalue weighted by molar-refractivity contribution is -0.123. The molecule has 1 amide bonds. The van der Waals surface area contributed by atoms with Crippen molar-refractivity contribution in [3.63, 3.8) is 0 Å². The van der Waals surface area contributed by atoms with Gasteiger partial charge in [-0.05, 0) is 0 Å². The van der Waals surface area contributed by atoms with Gasteiger partial charge in [0.2, 0.25) is 5.91 Å². The van der Waals surface area contributed by atoms with E-state index in [0.717, 1.165) is 13.1 Å². The lowest BCUT2D eigenvalue weighted by Gasteiger charge is -2.36. The van der Waals surface area contributed by atoms with E-state index in [1.807, 2.05) is 4.90 Å². The zero-order valence-electron chi connectivity index (χ0n) is 7.95. The maximum absolute atomic E-state index is 11.2. The highest BCUT2D eigenvalue weighted by molar-refractivity contribution is 5.78. The normalized spacial score (nSPS) is 18.3. The number of methoxy groups -OCH3 is 1. The van der Waals surface area contributed by atoms with Crippen molar-refractivity contribution < 1.29 is 9.53 Å². The first-order valence-electron chi connectivity index (χ1n) is 4.46. The maximum Gasteiger partial charge on any atom is 0.234 e. The molecule has 1 heterocycles. The Balaban J connectivity index is 1.98. The Kier molecular flexibility index (Phi) is 4.14. The van der Waals surface area contributed by atoms with Crippen LogP contribution in [0.5, 0.6) is 0 Å². The van der Waals surface area contributed by atoms with Crippen molar-refractivity contribution in [3.8, 4) is 0 Å². The third kappa shape index (κ3) is 3.71. The third-order valence-electron chi connectivity index (χ3n) is 1.98. The SMILES string of the molecule is COCCNC(=O)CN1CC(N)C1. The molecule has 3 N–H and O–H groups in total. The second-order valence-corrected chi connectivity index (χ2v) is 3.30. The summed E-state index contributed by atoms with van der Waals surface area (Å²) in [6.07, 6.45) is 0. The monoisotopic (exact) mass is 187 g/mol. The molecule has 0 unspecified atom stereocenters. The number of nitrogens with two attached hydrogens (primary N) is 1. The second kappa shape index (κ2) is 5.16. The minimum Gasteiger partial charge on any atom is -0.383 e. The van der Waals surface area contributed by atoms with Crippen LogP contribution in [0.2, 0.25) is 0 Å². The maximum atomic E-state index is 11.2. The molecule has 0 aliphatic carbocycles. The van der Waals surface area contributed by atoms with Gasteiger partial charge in [-0.1, -0.05) is 0 Å². The van der Waals surface area contributed by atoms with Crippen molar-refractivity contribution in [2.75, 3.05) is 39.9 Å². The molecule has 0 aromatic rings. The highest BCUT2D eigenvalue weighted by atomic mass is 16.5. The van der Waals surface area contributed by atoms with Crippen LogP contribution in [0.25, 0.3) is 0 Å². The summed E-state index contributed by atoms with van der Waals surface area (Å²) in [5.74, 6) is 0.0453. The predicted octanol–water partition coefficient (Wildman–Crippen LogP) is -1.61. The number of amides is 1. The smallest absolute Gasteiger partial charge is 0.234 e. The molecule has 1 aliphatic heterocycles. The van der Waals surface area contributed by atoms with E-state index in [1.54, 1.807) is 7.11 Å². The van der Waals surface area contributed by atoms with Gasteiger partial charge in [-0.15, -0.1) is 0 Å². The Hall–Kier alpha value is -0.650. The Morgan fingerprint density at radius 2 is 2.38 bits per heavy atom. The molecule has 0 spiro atoms. The van der Waals surface area contributed by atoms with Crippen LogP contribution >= 0.6 is 0 Å². The highest BCUT2D eigenvalue weighted by Crippen LogP contribution is 2.02. The fourth-order valence-electron chi connectivity index (χ4n) is 1.29. The summed E-state index contributed by atoms with van der Waals surface area (Å²) < 4.78 is 4.81. The number of likely N-dealkylation sites (tertiary alicyclic amines) is 1. The van der Waals surface area contributed by atoms with Crippen molar-refractivity contribution in [2.24, 2.45) is 5.73 Å². The molecule has 0 aromatic carbocycles. The standard InChI is InChI=1S/C8H17N3O2/c1-13-3-2-10-8(12)6-11-4-7(9)5-11/h7H,2-6,9H2,1H3,(H,10,12). The van der Waals surface area contributed by atoms with Gasteiger partial charge >= 0.3 is 0 Å². The first kappa shape index (κ1) is 10.4. The summed E-state index contributed by atoms with van der Waals surface area (Å²) >= 11 is 0. The Labute approximate surface area is 78.2 Å². The van der Waals surface area contributed by atoms with E-state index in [2.05, 4.69) is 5.32 Å². The van der Waals surface area contributed by atoms with Crippen molar-refractivity contribution in [3.05, 3.63) is 0 Å². The van der Waals surface area contributed by atoms with Crippen LogP contribution in [-0.2, 0) is 9.53 Å². The van der Waals surface area contributed by atoms with E-state index >= 15 is 0 Å². The third-order valence-corrected chi connectivity index (χ3v) is 1.98. The lowest BCUT2D eigenvalue weighted by Crippen LogP contribution is -2.58. The molecule has 76 valence electrons. The molecule has 1 saturated heterocycles. The van der Waals surface area contributed by atoms with Gasteiger partial charge in [-0.2, -0.15) is 0 Å². The van der Waals surface area contributed by atoms with Gasteiger partial charge in [-0.25, -0.2) is 0 Å². The molecule has 13 heavy (non-hydrogen) atoms. The fraction of sp³-hybridized carbons (Fsp3) is 0.875. The molecule has 0 radical (unpaired) electrons. The zero-order valence-corrected chi connectivity index (χ0v) is 7.95. The van der Waals surface area contributed by atoms with E-state index in [-0.39, 0.29) is 11.9 Å². The number of nitrogens with one attached hydrogen (secondary N) is 1. The Bertz CT molecular complexity index is 169. The number of hydrogen-bond donors (Lipinski definition) is 2. The van der Waals surface area contributed by atoms with E-state index in [4.69, 9.17) is 10.5 Å². The van der Waals surface area contributed by atoms with E-state index in [9.17, 15) is 4.79 Å².